The van der Waals surface area contributed by atoms with Gasteiger partial charge >= 0.3 is 5.69 Å². The van der Waals surface area contributed by atoms with E-state index in [9.17, 15) is 18.5 Å². The molecule has 9 nitrogen and oxygen atoms in total. The van der Waals surface area contributed by atoms with E-state index in [1.165, 1.54) is 6.92 Å². The van der Waals surface area contributed by atoms with Crippen LogP contribution in [0.1, 0.15) is 12.1 Å². The molecule has 1 fully saturated rings. The molecular formula is C11H17N5O4S. The van der Waals surface area contributed by atoms with Crippen LogP contribution < -0.4 is 10.6 Å². The fourth-order valence-corrected chi connectivity index (χ4v) is 4.16. The highest BCUT2D eigenvalue weighted by Crippen LogP contribution is 2.27. The van der Waals surface area contributed by atoms with Crippen molar-refractivity contribution in [1.82, 2.24) is 9.97 Å². The van der Waals surface area contributed by atoms with E-state index in [0.717, 1.165) is 0 Å². The van der Waals surface area contributed by atoms with E-state index in [2.05, 4.69) is 20.6 Å². The molecule has 0 aliphatic carbocycles. The number of nitrogens with zero attached hydrogens (tertiary/aromatic N) is 3. The monoisotopic (exact) mass is 315 g/mol. The van der Waals surface area contributed by atoms with Gasteiger partial charge in [-0.2, -0.15) is 4.98 Å². The molecule has 10 heteroatoms. The Morgan fingerprint density at radius 2 is 2.14 bits per heavy atom. The number of rotatable bonds is 5. The summed E-state index contributed by atoms with van der Waals surface area (Å²) in [5.74, 6) is 0.617. The van der Waals surface area contributed by atoms with Gasteiger partial charge in [0.1, 0.15) is 5.69 Å². The summed E-state index contributed by atoms with van der Waals surface area (Å²) in [6.07, 6.45) is 0.562. The van der Waals surface area contributed by atoms with Crippen molar-refractivity contribution < 1.29 is 13.3 Å². The number of hydrogen-bond donors (Lipinski definition) is 2. The number of nitro groups is 1. The molecule has 1 aromatic heterocycles. The summed E-state index contributed by atoms with van der Waals surface area (Å²) >= 11 is 0. The smallest absolute Gasteiger partial charge is 0.332 e. The molecule has 0 bridgehead atoms. The van der Waals surface area contributed by atoms with Gasteiger partial charge < -0.3 is 10.6 Å². The van der Waals surface area contributed by atoms with E-state index >= 15 is 0 Å². The first-order valence-electron chi connectivity index (χ1n) is 6.47. The van der Waals surface area contributed by atoms with E-state index in [1.54, 1.807) is 7.05 Å². The highest BCUT2D eigenvalue weighted by Gasteiger charge is 2.29. The summed E-state index contributed by atoms with van der Waals surface area (Å²) in [5.41, 5.74) is 0.0655. The van der Waals surface area contributed by atoms with Crippen LogP contribution in [0.3, 0.4) is 0 Å². The molecule has 1 unspecified atom stereocenters. The second kappa shape index (κ2) is 5.80. The lowest BCUT2D eigenvalue weighted by atomic mass is 10.1. The highest BCUT2D eigenvalue weighted by molar-refractivity contribution is 7.91. The van der Waals surface area contributed by atoms with Gasteiger partial charge in [-0.05, 0) is 19.3 Å². The van der Waals surface area contributed by atoms with E-state index in [-0.39, 0.29) is 40.6 Å². The lowest BCUT2D eigenvalue weighted by Gasteiger charge is -2.12. The maximum absolute atomic E-state index is 11.4. The van der Waals surface area contributed by atoms with E-state index < -0.39 is 14.8 Å². The maximum atomic E-state index is 11.4. The molecule has 0 aromatic carbocycles. The van der Waals surface area contributed by atoms with Crippen LogP contribution in [-0.4, -0.2) is 48.4 Å². The first kappa shape index (κ1) is 15.4. The summed E-state index contributed by atoms with van der Waals surface area (Å²) in [4.78, 5) is 18.6. The van der Waals surface area contributed by atoms with Crippen LogP contribution in [0.5, 0.6) is 0 Å². The maximum Gasteiger partial charge on any atom is 0.332 e. The minimum Gasteiger partial charge on any atom is -0.364 e. The molecule has 2 heterocycles. The molecule has 116 valence electrons. The SMILES string of the molecule is CNc1nc(C)c([N+](=O)[O-])c(NCC2CCS(=O)(=O)C2)n1. The van der Waals surface area contributed by atoms with Crippen molar-refractivity contribution in [2.75, 3.05) is 35.7 Å². The van der Waals surface area contributed by atoms with Gasteiger partial charge in [0.15, 0.2) is 9.84 Å². The zero-order valence-corrected chi connectivity index (χ0v) is 12.6. The Labute approximate surface area is 122 Å². The molecule has 2 rings (SSSR count). The van der Waals surface area contributed by atoms with Gasteiger partial charge in [-0.15, -0.1) is 0 Å². The molecule has 0 amide bonds. The standard InChI is InChI=1S/C11H17N5O4S/c1-7-9(16(17)18)10(15-11(12-2)14-7)13-5-8-3-4-21(19,20)6-8/h8H,3-6H2,1-2H3,(H2,12,13,14,15). The van der Waals surface area contributed by atoms with Crippen LogP contribution in [0.4, 0.5) is 17.5 Å². The minimum atomic E-state index is -2.97. The zero-order chi connectivity index (χ0) is 15.6. The average molecular weight is 315 g/mol. The van der Waals surface area contributed by atoms with Crippen LogP contribution in [0, 0.1) is 23.0 Å². The Kier molecular flexibility index (Phi) is 4.26. The number of aryl methyl sites for hydroxylation is 1. The number of aromatic nitrogens is 2. The van der Waals surface area contributed by atoms with Crippen molar-refractivity contribution in [2.24, 2.45) is 5.92 Å². The van der Waals surface area contributed by atoms with Gasteiger partial charge in [-0.25, -0.2) is 13.4 Å². The fourth-order valence-electron chi connectivity index (χ4n) is 2.29. The highest BCUT2D eigenvalue weighted by atomic mass is 32.2. The van der Waals surface area contributed by atoms with E-state index in [1.807, 2.05) is 0 Å². The molecular weight excluding hydrogens is 298 g/mol. The van der Waals surface area contributed by atoms with Crippen molar-refractivity contribution in [3.63, 3.8) is 0 Å². The number of anilines is 2. The van der Waals surface area contributed by atoms with Crippen molar-refractivity contribution in [1.29, 1.82) is 0 Å². The van der Waals surface area contributed by atoms with Gasteiger partial charge in [-0.3, -0.25) is 10.1 Å². The molecule has 1 saturated heterocycles. The van der Waals surface area contributed by atoms with Gasteiger partial charge in [0.05, 0.1) is 16.4 Å². The summed E-state index contributed by atoms with van der Waals surface area (Å²) in [6, 6.07) is 0. The minimum absolute atomic E-state index is 0.0529. The number of hydrogen-bond acceptors (Lipinski definition) is 8. The van der Waals surface area contributed by atoms with Gasteiger partial charge in [0, 0.05) is 13.6 Å². The predicted molar refractivity (Wildman–Crippen MR) is 78.2 cm³/mol. The van der Waals surface area contributed by atoms with Crippen molar-refractivity contribution in [2.45, 2.75) is 13.3 Å². The molecule has 1 aliphatic rings. The van der Waals surface area contributed by atoms with E-state index in [0.29, 0.717) is 13.0 Å². The first-order valence-corrected chi connectivity index (χ1v) is 8.29. The lowest BCUT2D eigenvalue weighted by molar-refractivity contribution is -0.385. The van der Waals surface area contributed by atoms with Crippen LogP contribution in [0.25, 0.3) is 0 Å². The Balaban J connectivity index is 2.18. The molecule has 2 N–H and O–H groups in total. The zero-order valence-electron chi connectivity index (χ0n) is 11.8. The Morgan fingerprint density at radius 3 is 2.67 bits per heavy atom. The second-order valence-corrected chi connectivity index (χ2v) is 7.22. The molecule has 21 heavy (non-hydrogen) atoms. The first-order chi connectivity index (χ1) is 9.82. The Bertz CT molecular complexity index is 661. The largest absolute Gasteiger partial charge is 0.364 e. The lowest BCUT2D eigenvalue weighted by Crippen LogP contribution is -2.18. The molecule has 1 atom stereocenters. The summed E-state index contributed by atoms with van der Waals surface area (Å²) in [5, 5.41) is 16.7. The molecule has 0 saturated carbocycles. The third-order valence-electron chi connectivity index (χ3n) is 3.35. The molecule has 0 radical (unpaired) electrons. The number of nitrogens with one attached hydrogen (secondary N) is 2. The normalized spacial score (nSPS) is 20.2. The predicted octanol–water partition coefficient (Wildman–Crippen LogP) is 0.582. The molecule has 0 spiro atoms. The number of sulfone groups is 1. The Hall–Kier alpha value is -1.97. The second-order valence-electron chi connectivity index (χ2n) is 4.99. The summed E-state index contributed by atoms with van der Waals surface area (Å²) in [7, 11) is -1.35. The van der Waals surface area contributed by atoms with Crippen molar-refractivity contribution >= 4 is 27.3 Å². The van der Waals surface area contributed by atoms with Crippen LogP contribution >= 0.6 is 0 Å². The third kappa shape index (κ3) is 3.57. The van der Waals surface area contributed by atoms with Gasteiger partial charge in [-0.1, -0.05) is 0 Å². The van der Waals surface area contributed by atoms with Gasteiger partial charge in [0.2, 0.25) is 11.8 Å². The van der Waals surface area contributed by atoms with Crippen LogP contribution in [-0.2, 0) is 9.84 Å². The van der Waals surface area contributed by atoms with Gasteiger partial charge in [0.25, 0.3) is 0 Å². The Morgan fingerprint density at radius 1 is 1.43 bits per heavy atom. The summed E-state index contributed by atoms with van der Waals surface area (Å²) in [6.45, 7) is 1.87. The van der Waals surface area contributed by atoms with Crippen LogP contribution in [0.15, 0.2) is 0 Å². The topological polar surface area (TPSA) is 127 Å². The quantitative estimate of drug-likeness (QED) is 0.596. The average Bonchev–Trinajstić information content (AvgIpc) is 2.74. The van der Waals surface area contributed by atoms with Crippen molar-refractivity contribution in [3.05, 3.63) is 15.8 Å². The van der Waals surface area contributed by atoms with E-state index in [4.69, 9.17) is 0 Å². The van der Waals surface area contributed by atoms with Crippen molar-refractivity contribution in [3.8, 4) is 0 Å². The fraction of sp³-hybridized carbons (Fsp3) is 0.636. The summed E-state index contributed by atoms with van der Waals surface area (Å²) < 4.78 is 22.8. The van der Waals surface area contributed by atoms with Crippen LogP contribution in [0.2, 0.25) is 0 Å². The molecule has 1 aliphatic heterocycles. The molecule has 1 aromatic rings. The third-order valence-corrected chi connectivity index (χ3v) is 5.19.